The Hall–Kier alpha value is -1.46. The van der Waals surface area contributed by atoms with Gasteiger partial charge in [-0.2, -0.15) is 0 Å². The maximum Gasteiger partial charge on any atom is 0.291 e. The van der Waals surface area contributed by atoms with Gasteiger partial charge >= 0.3 is 0 Å². The normalized spacial score (nSPS) is 17.0. The lowest BCUT2D eigenvalue weighted by molar-refractivity contribution is -0.149. The standard InChI is InChI=1S/C21H28ClNO3S/c1-4-21(2,3)18(24)19(25)23-12-6-11-17(23)20(27)26-13-7-9-15-8-5-10-16(22)14-15/h5,8,10,14,17H,4,6-7,9,11-13H2,1-3H3. The predicted molar refractivity (Wildman–Crippen MR) is 112 cm³/mol. The smallest absolute Gasteiger partial charge is 0.291 e. The van der Waals surface area contributed by atoms with Crippen molar-refractivity contribution in [2.75, 3.05) is 13.2 Å². The summed E-state index contributed by atoms with van der Waals surface area (Å²) in [6.07, 6.45) is 3.87. The molecule has 1 aliphatic heterocycles. The molecule has 1 aliphatic rings. The molecule has 0 bridgehead atoms. The fraction of sp³-hybridized carbons (Fsp3) is 0.571. The van der Waals surface area contributed by atoms with Gasteiger partial charge in [0.15, 0.2) is 5.05 Å². The number of carbonyl (C=O) groups excluding carboxylic acids is 2. The maximum absolute atomic E-state index is 12.7. The molecular weight excluding hydrogens is 382 g/mol. The van der Waals surface area contributed by atoms with E-state index >= 15 is 0 Å². The SMILES string of the molecule is CCC(C)(C)C(=O)C(=O)N1CCCC1C(=S)OCCCc1cccc(Cl)c1. The second-order valence-electron chi connectivity index (χ2n) is 7.62. The number of rotatable bonds is 8. The lowest BCUT2D eigenvalue weighted by Gasteiger charge is -2.28. The quantitative estimate of drug-likeness (QED) is 0.357. The first-order chi connectivity index (χ1) is 12.8. The summed E-state index contributed by atoms with van der Waals surface area (Å²) in [5.41, 5.74) is 0.506. The number of thiocarbonyl (C=S) groups is 1. The Bertz CT molecular complexity index is 704. The van der Waals surface area contributed by atoms with Gasteiger partial charge in [0.2, 0.25) is 5.78 Å². The zero-order chi connectivity index (χ0) is 20.0. The zero-order valence-electron chi connectivity index (χ0n) is 16.3. The number of carbonyl (C=O) groups is 2. The van der Waals surface area contributed by atoms with Crippen LogP contribution in [0.5, 0.6) is 0 Å². The average Bonchev–Trinajstić information content (AvgIpc) is 3.13. The Kier molecular flexibility index (Phi) is 7.80. The fourth-order valence-electron chi connectivity index (χ4n) is 3.07. The molecule has 0 N–H and O–H groups in total. The Morgan fingerprint density at radius 1 is 1.37 bits per heavy atom. The van der Waals surface area contributed by atoms with Crippen LogP contribution in [0.1, 0.15) is 52.0 Å². The highest BCUT2D eigenvalue weighted by molar-refractivity contribution is 7.80. The summed E-state index contributed by atoms with van der Waals surface area (Å²) in [7, 11) is 0. The number of ether oxygens (including phenoxy) is 1. The van der Waals surface area contributed by atoms with E-state index in [-0.39, 0.29) is 11.8 Å². The largest absolute Gasteiger partial charge is 0.485 e. The highest BCUT2D eigenvalue weighted by atomic mass is 35.5. The van der Waals surface area contributed by atoms with Crippen LogP contribution in [0.15, 0.2) is 24.3 Å². The van der Waals surface area contributed by atoms with E-state index < -0.39 is 11.3 Å². The number of benzene rings is 1. The van der Waals surface area contributed by atoms with Crippen LogP contribution in [-0.2, 0) is 20.7 Å². The van der Waals surface area contributed by atoms with Crippen molar-refractivity contribution < 1.29 is 14.3 Å². The minimum atomic E-state index is -0.649. The number of aryl methyl sites for hydroxylation is 1. The summed E-state index contributed by atoms with van der Waals surface area (Å²) in [6, 6.07) is 7.47. The Labute approximate surface area is 172 Å². The van der Waals surface area contributed by atoms with Crippen molar-refractivity contribution in [1.29, 1.82) is 0 Å². The number of amides is 1. The van der Waals surface area contributed by atoms with Gasteiger partial charge in [-0.3, -0.25) is 9.59 Å². The summed E-state index contributed by atoms with van der Waals surface area (Å²) in [6.45, 7) is 6.57. The number of likely N-dealkylation sites (tertiary alicyclic amines) is 1. The molecule has 1 amide bonds. The van der Waals surface area contributed by atoms with Crippen molar-refractivity contribution >= 4 is 40.6 Å². The van der Waals surface area contributed by atoms with Gasteiger partial charge < -0.3 is 9.64 Å². The van der Waals surface area contributed by atoms with Gasteiger partial charge in [0, 0.05) is 17.0 Å². The van der Waals surface area contributed by atoms with E-state index in [1.54, 1.807) is 4.90 Å². The summed E-state index contributed by atoms with van der Waals surface area (Å²) >= 11 is 11.4. The topological polar surface area (TPSA) is 46.6 Å². The molecule has 1 atom stereocenters. The molecule has 0 aliphatic carbocycles. The fourth-order valence-corrected chi connectivity index (χ4v) is 3.61. The minimum absolute atomic E-state index is 0.282. The van der Waals surface area contributed by atoms with Gasteiger partial charge in [-0.1, -0.05) is 44.5 Å². The minimum Gasteiger partial charge on any atom is -0.485 e. The van der Waals surface area contributed by atoms with Crippen LogP contribution in [-0.4, -0.2) is 40.8 Å². The van der Waals surface area contributed by atoms with Crippen molar-refractivity contribution in [2.45, 2.75) is 58.9 Å². The summed E-state index contributed by atoms with van der Waals surface area (Å²) < 4.78 is 5.74. The van der Waals surface area contributed by atoms with Crippen molar-refractivity contribution in [3.8, 4) is 0 Å². The van der Waals surface area contributed by atoms with E-state index in [1.165, 1.54) is 0 Å². The van der Waals surface area contributed by atoms with Gasteiger partial charge in [0.1, 0.15) is 6.04 Å². The number of Topliss-reactive ketones (excluding diaryl/α,β-unsaturated/α-hetero) is 1. The van der Waals surface area contributed by atoms with Crippen molar-refractivity contribution in [3.05, 3.63) is 34.9 Å². The van der Waals surface area contributed by atoms with Crippen LogP contribution in [0.2, 0.25) is 5.02 Å². The molecule has 1 saturated heterocycles. The zero-order valence-corrected chi connectivity index (χ0v) is 17.9. The van der Waals surface area contributed by atoms with Crippen molar-refractivity contribution in [1.82, 2.24) is 4.90 Å². The molecule has 1 fully saturated rings. The molecule has 148 valence electrons. The molecule has 0 saturated carbocycles. The molecule has 27 heavy (non-hydrogen) atoms. The molecule has 1 aromatic carbocycles. The van der Waals surface area contributed by atoms with E-state index in [0.717, 1.165) is 36.3 Å². The molecular formula is C21H28ClNO3S. The van der Waals surface area contributed by atoms with E-state index in [2.05, 4.69) is 0 Å². The lowest BCUT2D eigenvalue weighted by atomic mass is 9.84. The van der Waals surface area contributed by atoms with Gasteiger partial charge in [0.05, 0.1) is 6.61 Å². The first-order valence-electron chi connectivity index (χ1n) is 9.52. The second-order valence-corrected chi connectivity index (χ2v) is 8.46. The monoisotopic (exact) mass is 409 g/mol. The summed E-state index contributed by atoms with van der Waals surface area (Å²) in [4.78, 5) is 26.8. The molecule has 0 spiro atoms. The maximum atomic E-state index is 12.7. The molecule has 6 heteroatoms. The lowest BCUT2D eigenvalue weighted by Crippen LogP contribution is -2.47. The third kappa shape index (κ3) is 5.76. The van der Waals surface area contributed by atoms with Crippen LogP contribution in [0.25, 0.3) is 0 Å². The van der Waals surface area contributed by atoms with E-state index in [1.807, 2.05) is 45.0 Å². The molecule has 1 heterocycles. The first kappa shape index (κ1) is 21.8. The molecule has 1 unspecified atom stereocenters. The molecule has 1 aromatic rings. The number of nitrogens with zero attached hydrogens (tertiary/aromatic N) is 1. The summed E-state index contributed by atoms with van der Waals surface area (Å²) in [5.74, 6) is -0.783. The highest BCUT2D eigenvalue weighted by Gasteiger charge is 2.40. The van der Waals surface area contributed by atoms with Crippen LogP contribution in [0.4, 0.5) is 0 Å². The number of ketones is 1. The third-order valence-corrected chi connectivity index (χ3v) is 5.85. The average molecular weight is 410 g/mol. The van der Waals surface area contributed by atoms with Crippen molar-refractivity contribution in [2.24, 2.45) is 5.41 Å². The second kappa shape index (κ2) is 9.65. The molecule has 4 nitrogen and oxygen atoms in total. The molecule has 0 radical (unpaired) electrons. The van der Waals surface area contributed by atoms with Gasteiger partial charge in [0.25, 0.3) is 5.91 Å². The van der Waals surface area contributed by atoms with Gasteiger partial charge in [-0.05, 0) is 62.0 Å². The molecule has 0 aromatic heterocycles. The highest BCUT2D eigenvalue weighted by Crippen LogP contribution is 2.26. The van der Waals surface area contributed by atoms with E-state index in [0.29, 0.717) is 24.6 Å². The molecule has 2 rings (SSSR count). The van der Waals surface area contributed by atoms with Crippen LogP contribution in [0.3, 0.4) is 0 Å². The Balaban J connectivity index is 1.86. The van der Waals surface area contributed by atoms with Gasteiger partial charge in [-0.15, -0.1) is 0 Å². The Morgan fingerprint density at radius 2 is 2.11 bits per heavy atom. The Morgan fingerprint density at radius 3 is 2.78 bits per heavy atom. The number of hydrogen-bond donors (Lipinski definition) is 0. The van der Waals surface area contributed by atoms with E-state index in [4.69, 9.17) is 28.6 Å². The first-order valence-corrected chi connectivity index (χ1v) is 10.3. The third-order valence-electron chi connectivity index (χ3n) is 5.22. The van der Waals surface area contributed by atoms with Crippen LogP contribution < -0.4 is 0 Å². The van der Waals surface area contributed by atoms with Crippen molar-refractivity contribution in [3.63, 3.8) is 0 Å². The van der Waals surface area contributed by atoms with Gasteiger partial charge in [-0.25, -0.2) is 0 Å². The number of hydrogen-bond acceptors (Lipinski definition) is 4. The summed E-state index contributed by atoms with van der Waals surface area (Å²) in [5, 5.41) is 1.14. The van der Waals surface area contributed by atoms with E-state index in [9.17, 15) is 9.59 Å². The van der Waals surface area contributed by atoms with Crippen LogP contribution >= 0.6 is 23.8 Å². The number of halogens is 1. The van der Waals surface area contributed by atoms with Crippen LogP contribution in [0, 0.1) is 5.41 Å². The predicted octanol–water partition coefficient (Wildman–Crippen LogP) is 4.61.